The molecule has 0 aliphatic carbocycles. The summed E-state index contributed by atoms with van der Waals surface area (Å²) in [6.45, 7) is 2.54. The number of sulfone groups is 1. The molecular weight excluding hydrogens is 276 g/mol. The Kier molecular flexibility index (Phi) is 4.31. The monoisotopic (exact) mass is 294 g/mol. The highest BCUT2D eigenvalue weighted by atomic mass is 32.2. The molecule has 0 amide bonds. The summed E-state index contributed by atoms with van der Waals surface area (Å²) in [4.78, 5) is 6.19. The number of aromatic nitrogens is 1. The van der Waals surface area contributed by atoms with Gasteiger partial charge in [0.15, 0.2) is 9.84 Å². The van der Waals surface area contributed by atoms with Gasteiger partial charge in [-0.2, -0.15) is 0 Å². The maximum atomic E-state index is 11.6. The zero-order valence-corrected chi connectivity index (χ0v) is 12.2. The summed E-state index contributed by atoms with van der Waals surface area (Å²) in [6, 6.07) is 3.22. The molecular formula is C14H18N2O3S. The molecule has 0 aromatic carbocycles. The maximum absolute atomic E-state index is 11.6. The smallest absolute Gasteiger partial charge is 0.151 e. The minimum absolute atomic E-state index is 0.0993. The fourth-order valence-corrected chi connectivity index (χ4v) is 4.17. The molecule has 1 aromatic heterocycles. The number of hydrogen-bond donors (Lipinski definition) is 1. The zero-order chi connectivity index (χ0) is 14.8. The van der Waals surface area contributed by atoms with Crippen LogP contribution in [0.1, 0.15) is 17.8 Å². The molecule has 0 radical (unpaired) electrons. The van der Waals surface area contributed by atoms with E-state index in [1.807, 2.05) is 11.8 Å². The van der Waals surface area contributed by atoms with E-state index < -0.39 is 9.84 Å². The third kappa shape index (κ3) is 3.50. The molecule has 1 N–H and O–H groups in total. The van der Waals surface area contributed by atoms with Crippen LogP contribution in [0.4, 0.5) is 0 Å². The minimum atomic E-state index is -2.96. The van der Waals surface area contributed by atoms with E-state index in [1.165, 1.54) is 0 Å². The Morgan fingerprint density at radius 1 is 1.55 bits per heavy atom. The Balaban J connectivity index is 2.18. The van der Waals surface area contributed by atoms with Crippen LogP contribution in [0.25, 0.3) is 0 Å². The second-order valence-electron chi connectivity index (χ2n) is 5.08. The first-order valence-electron chi connectivity index (χ1n) is 6.45. The average Bonchev–Trinajstić information content (AvgIpc) is 2.73. The van der Waals surface area contributed by atoms with E-state index in [9.17, 15) is 13.5 Å². The summed E-state index contributed by atoms with van der Waals surface area (Å²) >= 11 is 0. The van der Waals surface area contributed by atoms with E-state index >= 15 is 0 Å². The van der Waals surface area contributed by atoms with Crippen LogP contribution in [0.3, 0.4) is 0 Å². The molecule has 2 heterocycles. The highest BCUT2D eigenvalue weighted by molar-refractivity contribution is 7.91. The molecule has 1 aliphatic rings. The summed E-state index contributed by atoms with van der Waals surface area (Å²) in [5, 5.41) is 9.84. The van der Waals surface area contributed by atoms with Crippen LogP contribution in [0.5, 0.6) is 5.75 Å². The van der Waals surface area contributed by atoms with Crippen molar-refractivity contribution in [2.75, 3.05) is 18.1 Å². The van der Waals surface area contributed by atoms with Crippen LogP contribution in [-0.4, -0.2) is 47.5 Å². The molecule has 20 heavy (non-hydrogen) atoms. The van der Waals surface area contributed by atoms with Crippen molar-refractivity contribution in [2.45, 2.75) is 25.9 Å². The molecule has 0 unspecified atom stereocenters. The third-order valence-electron chi connectivity index (χ3n) is 3.46. The second-order valence-corrected chi connectivity index (χ2v) is 7.31. The predicted molar refractivity (Wildman–Crippen MR) is 76.9 cm³/mol. The predicted octanol–water partition coefficient (Wildman–Crippen LogP) is 0.718. The van der Waals surface area contributed by atoms with E-state index in [-0.39, 0.29) is 23.3 Å². The van der Waals surface area contributed by atoms with Crippen LogP contribution in [0.15, 0.2) is 12.1 Å². The molecule has 1 atom stereocenters. The van der Waals surface area contributed by atoms with E-state index in [0.717, 1.165) is 5.69 Å². The third-order valence-corrected chi connectivity index (χ3v) is 5.21. The van der Waals surface area contributed by atoms with Gasteiger partial charge in [0.25, 0.3) is 0 Å². The van der Waals surface area contributed by atoms with Crippen molar-refractivity contribution >= 4 is 9.84 Å². The molecule has 0 bridgehead atoms. The topological polar surface area (TPSA) is 70.5 Å². The highest BCUT2D eigenvalue weighted by Gasteiger charge is 2.32. The first kappa shape index (κ1) is 14.8. The first-order valence-corrected chi connectivity index (χ1v) is 8.27. The summed E-state index contributed by atoms with van der Waals surface area (Å²) in [5.74, 6) is 2.98. The molecule has 1 fully saturated rings. The molecule has 1 aromatic rings. The maximum Gasteiger partial charge on any atom is 0.151 e. The van der Waals surface area contributed by atoms with E-state index in [0.29, 0.717) is 25.2 Å². The van der Waals surface area contributed by atoms with Crippen molar-refractivity contribution < 1.29 is 13.5 Å². The van der Waals surface area contributed by atoms with Gasteiger partial charge in [-0.3, -0.25) is 9.88 Å². The highest BCUT2D eigenvalue weighted by Crippen LogP contribution is 2.22. The summed E-state index contributed by atoms with van der Waals surface area (Å²) in [6.07, 6.45) is 5.94. The van der Waals surface area contributed by atoms with Crippen LogP contribution in [0, 0.1) is 19.3 Å². The molecule has 2 rings (SSSR count). The molecule has 1 aliphatic heterocycles. The average molecular weight is 294 g/mol. The van der Waals surface area contributed by atoms with E-state index in [2.05, 4.69) is 10.9 Å². The van der Waals surface area contributed by atoms with Crippen LogP contribution in [-0.2, 0) is 16.4 Å². The number of rotatable bonds is 4. The zero-order valence-electron chi connectivity index (χ0n) is 11.4. The number of pyridine rings is 1. The standard InChI is InChI=1S/C14H18N2O3S/c1-3-7-16(12-6-8-20(18,19)10-12)9-13-14(17)5-4-11(2)15-13/h1,4-5,12,17H,6-10H2,2H3/t12-/m1/s1. The Morgan fingerprint density at radius 2 is 2.30 bits per heavy atom. The van der Waals surface area contributed by atoms with Crippen molar-refractivity contribution in [3.8, 4) is 18.1 Å². The quantitative estimate of drug-likeness (QED) is 0.829. The van der Waals surface area contributed by atoms with Gasteiger partial charge < -0.3 is 5.11 Å². The lowest BCUT2D eigenvalue weighted by molar-refractivity contribution is 0.224. The van der Waals surface area contributed by atoms with Gasteiger partial charge in [0, 0.05) is 18.3 Å². The Morgan fingerprint density at radius 3 is 2.90 bits per heavy atom. The van der Waals surface area contributed by atoms with Gasteiger partial charge in [0.1, 0.15) is 5.75 Å². The van der Waals surface area contributed by atoms with Crippen molar-refractivity contribution in [3.05, 3.63) is 23.5 Å². The molecule has 108 valence electrons. The molecule has 5 nitrogen and oxygen atoms in total. The minimum Gasteiger partial charge on any atom is -0.506 e. The van der Waals surface area contributed by atoms with Gasteiger partial charge in [-0.15, -0.1) is 6.42 Å². The number of aryl methyl sites for hydroxylation is 1. The summed E-state index contributed by atoms with van der Waals surface area (Å²) in [5.41, 5.74) is 1.34. The van der Waals surface area contributed by atoms with E-state index in [4.69, 9.17) is 6.42 Å². The molecule has 0 spiro atoms. The molecule has 1 saturated heterocycles. The normalized spacial score (nSPS) is 20.9. The lowest BCUT2D eigenvalue weighted by Crippen LogP contribution is -2.36. The Labute approximate surface area is 119 Å². The first-order chi connectivity index (χ1) is 9.41. The van der Waals surface area contributed by atoms with Gasteiger partial charge in [0.2, 0.25) is 0 Å². The SMILES string of the molecule is C#CCN(Cc1nc(C)ccc1O)[C@@H]1CCS(=O)(=O)C1. The largest absolute Gasteiger partial charge is 0.506 e. The van der Waals surface area contributed by atoms with Crippen molar-refractivity contribution in [2.24, 2.45) is 0 Å². The van der Waals surface area contributed by atoms with Crippen molar-refractivity contribution in [1.82, 2.24) is 9.88 Å². The van der Waals surface area contributed by atoms with Gasteiger partial charge in [-0.1, -0.05) is 5.92 Å². The number of terminal acetylenes is 1. The van der Waals surface area contributed by atoms with Crippen LogP contribution in [0.2, 0.25) is 0 Å². The van der Waals surface area contributed by atoms with Gasteiger partial charge >= 0.3 is 0 Å². The molecule has 0 saturated carbocycles. The second kappa shape index (κ2) is 5.81. The van der Waals surface area contributed by atoms with Gasteiger partial charge in [-0.25, -0.2) is 8.42 Å². The van der Waals surface area contributed by atoms with Gasteiger partial charge in [0.05, 0.1) is 23.7 Å². The lowest BCUT2D eigenvalue weighted by atomic mass is 10.2. The lowest BCUT2D eigenvalue weighted by Gasteiger charge is -2.25. The number of hydrogen-bond acceptors (Lipinski definition) is 5. The summed E-state index contributed by atoms with van der Waals surface area (Å²) < 4.78 is 23.2. The Bertz CT molecular complexity index is 634. The number of aromatic hydroxyl groups is 1. The fraction of sp³-hybridized carbons (Fsp3) is 0.500. The van der Waals surface area contributed by atoms with Crippen LogP contribution < -0.4 is 0 Å². The van der Waals surface area contributed by atoms with E-state index in [1.54, 1.807) is 12.1 Å². The number of nitrogens with zero attached hydrogens (tertiary/aromatic N) is 2. The molecule has 6 heteroatoms. The fourth-order valence-electron chi connectivity index (χ4n) is 2.41. The Hall–Kier alpha value is -1.58. The van der Waals surface area contributed by atoms with Crippen molar-refractivity contribution in [1.29, 1.82) is 0 Å². The van der Waals surface area contributed by atoms with Crippen molar-refractivity contribution in [3.63, 3.8) is 0 Å². The van der Waals surface area contributed by atoms with Gasteiger partial charge in [-0.05, 0) is 25.5 Å². The summed E-state index contributed by atoms with van der Waals surface area (Å²) in [7, 11) is -2.96. The van der Waals surface area contributed by atoms with Crippen LogP contribution >= 0.6 is 0 Å².